The van der Waals surface area contributed by atoms with Crippen LogP contribution in [0, 0.1) is 16.0 Å². The number of benzene rings is 1. The molecule has 2 N–H and O–H groups in total. The molecule has 0 aliphatic carbocycles. The molecule has 1 aromatic rings. The van der Waals surface area contributed by atoms with Gasteiger partial charge in [0.25, 0.3) is 5.69 Å². The largest absolute Gasteiger partial charge is 0.366 e. The molecule has 1 fully saturated rings. The lowest BCUT2D eigenvalue weighted by Gasteiger charge is -2.35. The Hall–Kier alpha value is -1.14. The third kappa shape index (κ3) is 3.25. The molecule has 19 heavy (non-hydrogen) atoms. The van der Waals surface area contributed by atoms with Gasteiger partial charge >= 0.3 is 0 Å². The van der Waals surface area contributed by atoms with Crippen LogP contribution >= 0.6 is 15.9 Å². The van der Waals surface area contributed by atoms with Crippen molar-refractivity contribution < 1.29 is 4.92 Å². The van der Waals surface area contributed by atoms with Gasteiger partial charge < -0.3 is 10.6 Å². The van der Waals surface area contributed by atoms with Crippen LogP contribution in [0.15, 0.2) is 22.7 Å². The standard InChI is InChI=1S/C13H18BrN3O2/c1-9(15)10-3-2-6-16(8-10)12-5-4-11(14)7-13(12)17(18)19/h4-5,7,9-10H,2-3,6,8,15H2,1H3. The Kier molecular flexibility index (Phi) is 4.42. The van der Waals surface area contributed by atoms with E-state index in [2.05, 4.69) is 20.8 Å². The molecule has 0 saturated carbocycles. The van der Waals surface area contributed by atoms with Gasteiger partial charge in [0.2, 0.25) is 0 Å². The maximum absolute atomic E-state index is 11.2. The molecule has 5 nitrogen and oxygen atoms in total. The maximum atomic E-state index is 11.2. The van der Waals surface area contributed by atoms with Crippen molar-refractivity contribution in [1.82, 2.24) is 0 Å². The minimum absolute atomic E-state index is 0.123. The first-order chi connectivity index (χ1) is 8.99. The average Bonchev–Trinajstić information content (AvgIpc) is 2.38. The molecular formula is C13H18BrN3O2. The van der Waals surface area contributed by atoms with Crippen LogP contribution in [0.2, 0.25) is 0 Å². The van der Waals surface area contributed by atoms with E-state index in [1.165, 1.54) is 0 Å². The van der Waals surface area contributed by atoms with Gasteiger partial charge in [0.15, 0.2) is 0 Å². The summed E-state index contributed by atoms with van der Waals surface area (Å²) in [4.78, 5) is 12.9. The number of anilines is 1. The number of hydrogen-bond donors (Lipinski definition) is 1. The molecule has 2 atom stereocenters. The van der Waals surface area contributed by atoms with Crippen LogP contribution in [0.3, 0.4) is 0 Å². The van der Waals surface area contributed by atoms with Gasteiger partial charge in [0.1, 0.15) is 5.69 Å². The van der Waals surface area contributed by atoms with Crippen LogP contribution in [0.4, 0.5) is 11.4 Å². The minimum Gasteiger partial charge on any atom is -0.366 e. The van der Waals surface area contributed by atoms with E-state index in [-0.39, 0.29) is 16.7 Å². The van der Waals surface area contributed by atoms with Crippen LogP contribution in [0.25, 0.3) is 0 Å². The molecule has 1 saturated heterocycles. The molecule has 0 bridgehead atoms. The Morgan fingerprint density at radius 2 is 2.32 bits per heavy atom. The van der Waals surface area contributed by atoms with Gasteiger partial charge in [-0.15, -0.1) is 0 Å². The summed E-state index contributed by atoms with van der Waals surface area (Å²) in [7, 11) is 0. The summed E-state index contributed by atoms with van der Waals surface area (Å²) in [5, 5.41) is 11.2. The Morgan fingerprint density at radius 3 is 2.95 bits per heavy atom. The van der Waals surface area contributed by atoms with Crippen molar-refractivity contribution in [3.8, 4) is 0 Å². The zero-order valence-corrected chi connectivity index (χ0v) is 12.5. The summed E-state index contributed by atoms with van der Waals surface area (Å²) in [5.41, 5.74) is 6.81. The molecule has 1 aliphatic rings. The fourth-order valence-corrected chi connectivity index (χ4v) is 2.92. The second-order valence-electron chi connectivity index (χ2n) is 5.10. The van der Waals surface area contributed by atoms with Crippen molar-refractivity contribution in [1.29, 1.82) is 0 Å². The number of rotatable bonds is 3. The minimum atomic E-state index is -0.324. The van der Waals surface area contributed by atoms with Crippen LogP contribution in [-0.4, -0.2) is 24.1 Å². The molecular weight excluding hydrogens is 310 g/mol. The van der Waals surface area contributed by atoms with Crippen molar-refractivity contribution in [2.45, 2.75) is 25.8 Å². The van der Waals surface area contributed by atoms with E-state index in [1.54, 1.807) is 6.07 Å². The summed E-state index contributed by atoms with van der Waals surface area (Å²) < 4.78 is 0.726. The monoisotopic (exact) mass is 327 g/mol. The van der Waals surface area contributed by atoms with Crippen molar-refractivity contribution in [2.75, 3.05) is 18.0 Å². The molecule has 104 valence electrons. The highest BCUT2D eigenvalue weighted by atomic mass is 79.9. The molecule has 0 spiro atoms. The van der Waals surface area contributed by atoms with Gasteiger partial charge in [-0.3, -0.25) is 10.1 Å². The first-order valence-corrected chi connectivity index (χ1v) is 7.23. The predicted octanol–water partition coefficient (Wildman–Crippen LogP) is 2.92. The van der Waals surface area contributed by atoms with E-state index < -0.39 is 0 Å². The molecule has 0 amide bonds. The highest BCUT2D eigenvalue weighted by Gasteiger charge is 2.27. The first kappa shape index (κ1) is 14.3. The summed E-state index contributed by atoms with van der Waals surface area (Å²) in [5.74, 6) is 0.400. The van der Waals surface area contributed by atoms with Gasteiger partial charge in [-0.1, -0.05) is 15.9 Å². The Balaban J connectivity index is 2.28. The Morgan fingerprint density at radius 1 is 1.58 bits per heavy atom. The normalized spacial score (nSPS) is 21.2. The molecule has 1 aromatic carbocycles. The van der Waals surface area contributed by atoms with E-state index >= 15 is 0 Å². The van der Waals surface area contributed by atoms with Gasteiger partial charge in [-0.2, -0.15) is 0 Å². The number of hydrogen-bond acceptors (Lipinski definition) is 4. The zero-order chi connectivity index (χ0) is 14.0. The number of nitro groups is 1. The topological polar surface area (TPSA) is 72.4 Å². The summed E-state index contributed by atoms with van der Waals surface area (Å²) in [6.07, 6.45) is 2.12. The summed E-state index contributed by atoms with van der Waals surface area (Å²) in [6, 6.07) is 5.34. The smallest absolute Gasteiger partial charge is 0.293 e. The number of nitrogens with zero attached hydrogens (tertiary/aromatic N) is 2. The van der Waals surface area contributed by atoms with E-state index in [0.717, 1.165) is 30.4 Å². The van der Waals surface area contributed by atoms with E-state index in [9.17, 15) is 10.1 Å². The molecule has 1 aliphatic heterocycles. The summed E-state index contributed by atoms with van der Waals surface area (Å²) in [6.45, 7) is 3.65. The lowest BCUT2D eigenvalue weighted by atomic mass is 9.92. The highest BCUT2D eigenvalue weighted by Crippen LogP contribution is 2.34. The highest BCUT2D eigenvalue weighted by molar-refractivity contribution is 9.10. The Bertz CT molecular complexity index is 479. The molecule has 2 unspecified atom stereocenters. The molecule has 6 heteroatoms. The van der Waals surface area contributed by atoms with Crippen LogP contribution in [-0.2, 0) is 0 Å². The van der Waals surface area contributed by atoms with E-state index in [1.807, 2.05) is 19.1 Å². The van der Waals surface area contributed by atoms with Gasteiger partial charge in [0.05, 0.1) is 4.92 Å². The van der Waals surface area contributed by atoms with Crippen molar-refractivity contribution >= 4 is 27.3 Å². The van der Waals surface area contributed by atoms with E-state index in [4.69, 9.17) is 5.73 Å². The number of halogens is 1. The van der Waals surface area contributed by atoms with Crippen LogP contribution in [0.1, 0.15) is 19.8 Å². The van der Waals surface area contributed by atoms with Gasteiger partial charge in [-0.25, -0.2) is 0 Å². The van der Waals surface area contributed by atoms with Crippen molar-refractivity contribution in [3.63, 3.8) is 0 Å². The Labute approximate surface area is 121 Å². The van der Waals surface area contributed by atoms with Crippen LogP contribution < -0.4 is 10.6 Å². The second kappa shape index (κ2) is 5.88. The third-order valence-corrected chi connectivity index (χ3v) is 4.17. The molecule has 2 rings (SSSR count). The molecule has 0 aromatic heterocycles. The third-order valence-electron chi connectivity index (χ3n) is 3.68. The number of nitrogens with two attached hydrogens (primary N) is 1. The number of nitro benzene ring substituents is 1. The lowest BCUT2D eigenvalue weighted by molar-refractivity contribution is -0.384. The maximum Gasteiger partial charge on any atom is 0.293 e. The first-order valence-electron chi connectivity index (χ1n) is 6.43. The predicted molar refractivity (Wildman–Crippen MR) is 79.4 cm³/mol. The molecule has 1 heterocycles. The van der Waals surface area contributed by atoms with Gasteiger partial charge in [-0.05, 0) is 37.8 Å². The zero-order valence-electron chi connectivity index (χ0n) is 10.9. The lowest BCUT2D eigenvalue weighted by Crippen LogP contribution is -2.42. The van der Waals surface area contributed by atoms with Crippen LogP contribution in [0.5, 0.6) is 0 Å². The van der Waals surface area contributed by atoms with E-state index in [0.29, 0.717) is 11.6 Å². The summed E-state index contributed by atoms with van der Waals surface area (Å²) >= 11 is 3.28. The van der Waals surface area contributed by atoms with Crippen molar-refractivity contribution in [3.05, 3.63) is 32.8 Å². The van der Waals surface area contributed by atoms with Crippen molar-refractivity contribution in [2.24, 2.45) is 11.7 Å². The second-order valence-corrected chi connectivity index (χ2v) is 6.01. The SMILES string of the molecule is CC(N)C1CCCN(c2ccc(Br)cc2[N+](=O)[O-])C1. The fraction of sp³-hybridized carbons (Fsp3) is 0.538. The number of piperidine rings is 1. The fourth-order valence-electron chi connectivity index (χ4n) is 2.57. The van der Waals surface area contributed by atoms with Gasteiger partial charge in [0, 0.05) is 29.7 Å². The average molecular weight is 328 g/mol. The quantitative estimate of drug-likeness (QED) is 0.684. The molecule has 0 radical (unpaired) electrons.